The van der Waals surface area contributed by atoms with E-state index in [1.807, 2.05) is 31.2 Å². The van der Waals surface area contributed by atoms with Crippen LogP contribution in [0.25, 0.3) is 6.08 Å². The Morgan fingerprint density at radius 3 is 2.33 bits per heavy atom. The molecule has 6 nitrogen and oxygen atoms in total. The van der Waals surface area contributed by atoms with Gasteiger partial charge >= 0.3 is 0 Å². The lowest BCUT2D eigenvalue weighted by molar-refractivity contribution is -0.138. The maximum absolute atomic E-state index is 12.5. The van der Waals surface area contributed by atoms with Gasteiger partial charge in [0.2, 0.25) is 5.91 Å². The van der Waals surface area contributed by atoms with Crippen molar-refractivity contribution >= 4 is 29.5 Å². The van der Waals surface area contributed by atoms with Crippen LogP contribution in [0.5, 0.6) is 11.5 Å². The molecule has 1 heterocycles. The van der Waals surface area contributed by atoms with Gasteiger partial charge in [-0.2, -0.15) is 0 Å². The Labute approximate surface area is 181 Å². The van der Waals surface area contributed by atoms with E-state index in [4.69, 9.17) is 21.1 Å². The summed E-state index contributed by atoms with van der Waals surface area (Å²) in [6.45, 7) is 4.40. The molecule has 0 spiro atoms. The Bertz CT molecular complexity index is 890. The van der Waals surface area contributed by atoms with Crippen LogP contribution in [0.1, 0.15) is 12.5 Å². The average Bonchev–Trinajstić information content (AvgIpc) is 2.78. The zero-order chi connectivity index (χ0) is 21.3. The minimum absolute atomic E-state index is 0.0380. The number of hydrogen-bond acceptors (Lipinski definition) is 4. The summed E-state index contributed by atoms with van der Waals surface area (Å²) in [4.78, 5) is 28.3. The molecule has 30 heavy (non-hydrogen) atoms. The van der Waals surface area contributed by atoms with Crippen molar-refractivity contribution in [2.75, 3.05) is 39.4 Å². The predicted molar refractivity (Wildman–Crippen MR) is 117 cm³/mol. The van der Waals surface area contributed by atoms with E-state index in [2.05, 4.69) is 0 Å². The van der Waals surface area contributed by atoms with Crippen molar-refractivity contribution in [1.29, 1.82) is 0 Å². The molecule has 2 amide bonds. The van der Waals surface area contributed by atoms with E-state index in [1.54, 1.807) is 46.2 Å². The Morgan fingerprint density at radius 1 is 0.967 bits per heavy atom. The lowest BCUT2D eigenvalue weighted by Crippen LogP contribution is -2.51. The average molecular weight is 429 g/mol. The summed E-state index contributed by atoms with van der Waals surface area (Å²) in [5, 5.41) is 0.616. The molecule has 0 aliphatic carbocycles. The third-order valence-electron chi connectivity index (χ3n) is 4.74. The molecular formula is C23H25ClN2O4. The number of carbonyl (C=O) groups excluding carboxylic acids is 2. The van der Waals surface area contributed by atoms with Crippen LogP contribution in [0.3, 0.4) is 0 Å². The first kappa shape index (κ1) is 21.7. The van der Waals surface area contributed by atoms with Gasteiger partial charge in [0.05, 0.1) is 6.61 Å². The zero-order valence-electron chi connectivity index (χ0n) is 16.9. The molecule has 1 fully saturated rings. The summed E-state index contributed by atoms with van der Waals surface area (Å²) in [7, 11) is 0. The fourth-order valence-corrected chi connectivity index (χ4v) is 3.24. The van der Waals surface area contributed by atoms with Crippen molar-refractivity contribution in [3.05, 3.63) is 65.2 Å². The second-order valence-corrected chi connectivity index (χ2v) is 7.19. The molecule has 0 saturated carbocycles. The van der Waals surface area contributed by atoms with Crippen molar-refractivity contribution in [1.82, 2.24) is 9.80 Å². The van der Waals surface area contributed by atoms with E-state index in [-0.39, 0.29) is 18.4 Å². The van der Waals surface area contributed by atoms with Gasteiger partial charge in [-0.3, -0.25) is 9.59 Å². The first-order valence-electron chi connectivity index (χ1n) is 9.92. The van der Waals surface area contributed by atoms with Gasteiger partial charge in [-0.15, -0.1) is 0 Å². The van der Waals surface area contributed by atoms with Crippen LogP contribution in [-0.4, -0.2) is 61.0 Å². The smallest absolute Gasteiger partial charge is 0.260 e. The highest BCUT2D eigenvalue weighted by Crippen LogP contribution is 2.19. The van der Waals surface area contributed by atoms with Gasteiger partial charge in [-0.25, -0.2) is 0 Å². The molecule has 0 aromatic heterocycles. The van der Waals surface area contributed by atoms with Gasteiger partial charge < -0.3 is 19.3 Å². The molecule has 2 aromatic rings. The fraction of sp³-hybridized carbons (Fsp3) is 0.304. The van der Waals surface area contributed by atoms with Gasteiger partial charge in [0.1, 0.15) is 11.5 Å². The minimum atomic E-state index is -0.0989. The lowest BCUT2D eigenvalue weighted by Gasteiger charge is -2.34. The highest BCUT2D eigenvalue weighted by Gasteiger charge is 2.23. The maximum Gasteiger partial charge on any atom is 0.260 e. The van der Waals surface area contributed by atoms with Crippen molar-refractivity contribution in [2.45, 2.75) is 6.92 Å². The van der Waals surface area contributed by atoms with Gasteiger partial charge in [0.15, 0.2) is 6.61 Å². The number of para-hydroxylation sites is 1. The summed E-state index contributed by atoms with van der Waals surface area (Å²) in [5.41, 5.74) is 0.862. The van der Waals surface area contributed by atoms with Gasteiger partial charge in [0.25, 0.3) is 5.91 Å². The number of ether oxygens (including phenoxy) is 2. The molecule has 0 N–H and O–H groups in total. The summed E-state index contributed by atoms with van der Waals surface area (Å²) < 4.78 is 11.1. The second kappa shape index (κ2) is 10.7. The van der Waals surface area contributed by atoms with Crippen molar-refractivity contribution in [3.8, 4) is 11.5 Å². The lowest BCUT2D eigenvalue weighted by atomic mass is 10.2. The molecule has 158 valence electrons. The molecule has 0 atom stereocenters. The van der Waals surface area contributed by atoms with Gasteiger partial charge in [0, 0.05) is 42.8 Å². The van der Waals surface area contributed by atoms with Crippen LogP contribution in [-0.2, 0) is 9.59 Å². The summed E-state index contributed by atoms with van der Waals surface area (Å²) in [6, 6.07) is 14.5. The molecule has 3 rings (SSSR count). The topological polar surface area (TPSA) is 59.1 Å². The van der Waals surface area contributed by atoms with Crippen LogP contribution in [0, 0.1) is 0 Å². The maximum atomic E-state index is 12.5. The van der Waals surface area contributed by atoms with Crippen LogP contribution in [0.4, 0.5) is 0 Å². The predicted octanol–water partition coefficient (Wildman–Crippen LogP) is 3.50. The molecular weight excluding hydrogens is 404 g/mol. The third kappa shape index (κ3) is 6.00. The molecule has 1 saturated heterocycles. The van der Waals surface area contributed by atoms with E-state index in [0.29, 0.717) is 43.6 Å². The van der Waals surface area contributed by atoms with E-state index in [9.17, 15) is 9.59 Å². The van der Waals surface area contributed by atoms with Gasteiger partial charge in [-0.05, 0) is 43.3 Å². The Kier molecular flexibility index (Phi) is 7.74. The highest BCUT2D eigenvalue weighted by atomic mass is 35.5. The monoisotopic (exact) mass is 428 g/mol. The second-order valence-electron chi connectivity index (χ2n) is 6.75. The molecule has 0 bridgehead atoms. The number of benzene rings is 2. The number of rotatable bonds is 7. The third-order valence-corrected chi connectivity index (χ3v) is 5.00. The quantitative estimate of drug-likeness (QED) is 0.633. The molecule has 0 unspecified atom stereocenters. The van der Waals surface area contributed by atoms with E-state index >= 15 is 0 Å². The summed E-state index contributed by atoms with van der Waals surface area (Å²) >= 11 is 5.84. The Morgan fingerprint density at radius 2 is 1.63 bits per heavy atom. The summed E-state index contributed by atoms with van der Waals surface area (Å²) in [5.74, 6) is 1.17. The number of nitrogens with zero attached hydrogens (tertiary/aromatic N) is 2. The van der Waals surface area contributed by atoms with E-state index < -0.39 is 0 Å². The Balaban J connectivity index is 1.47. The first-order chi connectivity index (χ1) is 14.6. The van der Waals surface area contributed by atoms with Gasteiger partial charge in [-0.1, -0.05) is 29.8 Å². The number of halogens is 1. The van der Waals surface area contributed by atoms with Crippen LogP contribution >= 0.6 is 11.6 Å². The van der Waals surface area contributed by atoms with Crippen LogP contribution < -0.4 is 9.47 Å². The van der Waals surface area contributed by atoms with E-state index in [0.717, 1.165) is 11.3 Å². The molecule has 1 aliphatic rings. The zero-order valence-corrected chi connectivity index (χ0v) is 17.7. The first-order valence-corrected chi connectivity index (χ1v) is 10.3. The number of amides is 2. The highest BCUT2D eigenvalue weighted by molar-refractivity contribution is 6.30. The number of piperazine rings is 1. The molecule has 1 aliphatic heterocycles. The standard InChI is InChI=1S/C23H25ClN2O4/c1-2-29-21-6-4-3-5-18(21)7-12-22(27)25-13-15-26(16-14-25)23(28)17-30-20-10-8-19(24)9-11-20/h3-12H,2,13-17H2,1H3/b12-7+. The fourth-order valence-electron chi connectivity index (χ4n) is 3.12. The van der Waals surface area contributed by atoms with Crippen molar-refractivity contribution in [2.24, 2.45) is 0 Å². The largest absolute Gasteiger partial charge is 0.493 e. The summed E-state index contributed by atoms with van der Waals surface area (Å²) in [6.07, 6.45) is 3.32. The molecule has 2 aromatic carbocycles. The van der Waals surface area contributed by atoms with Crippen molar-refractivity contribution in [3.63, 3.8) is 0 Å². The van der Waals surface area contributed by atoms with Crippen molar-refractivity contribution < 1.29 is 19.1 Å². The Hall–Kier alpha value is -2.99. The number of carbonyl (C=O) groups is 2. The normalized spacial score (nSPS) is 14.1. The van der Waals surface area contributed by atoms with Crippen LogP contribution in [0.15, 0.2) is 54.6 Å². The van der Waals surface area contributed by atoms with Crippen LogP contribution in [0.2, 0.25) is 5.02 Å². The molecule has 7 heteroatoms. The molecule has 0 radical (unpaired) electrons. The number of hydrogen-bond donors (Lipinski definition) is 0. The minimum Gasteiger partial charge on any atom is -0.493 e. The SMILES string of the molecule is CCOc1ccccc1/C=C/C(=O)N1CCN(C(=O)COc2ccc(Cl)cc2)CC1. The van der Waals surface area contributed by atoms with E-state index in [1.165, 1.54) is 0 Å².